The largest absolute Gasteiger partial charge is 0.481 e. The molecule has 1 heterocycles. The van der Waals surface area contributed by atoms with Crippen LogP contribution in [-0.2, 0) is 19.1 Å². The zero-order chi connectivity index (χ0) is 28.0. The highest BCUT2D eigenvalue weighted by Crippen LogP contribution is 2.16. The predicted molar refractivity (Wildman–Crippen MR) is 146 cm³/mol. The van der Waals surface area contributed by atoms with Gasteiger partial charge in [-0.25, -0.2) is 14.6 Å². The van der Waals surface area contributed by atoms with E-state index in [9.17, 15) is 19.2 Å². The van der Waals surface area contributed by atoms with Crippen molar-refractivity contribution < 1.29 is 29.0 Å². The number of hydrogen-bond donors (Lipinski definition) is 4. The molecule has 1 aromatic heterocycles. The van der Waals surface area contributed by atoms with E-state index in [2.05, 4.69) is 22.5 Å². The number of carboxylic acids is 1. The fourth-order valence-electron chi connectivity index (χ4n) is 4.16. The van der Waals surface area contributed by atoms with E-state index in [1.165, 1.54) is 51.1 Å². The highest BCUT2D eigenvalue weighted by atomic mass is 16.5. The number of esters is 1. The third-order valence-electron chi connectivity index (χ3n) is 6.22. The van der Waals surface area contributed by atoms with Gasteiger partial charge in [-0.1, -0.05) is 77.2 Å². The first kappa shape index (κ1) is 32.9. The summed E-state index contributed by atoms with van der Waals surface area (Å²) in [6.07, 6.45) is 14.3. The normalized spacial score (nSPS) is 12.3. The van der Waals surface area contributed by atoms with Crippen molar-refractivity contribution in [3.8, 4) is 0 Å². The molecule has 0 unspecified atom stereocenters. The standard InChI is InChI=1S/C28H46N4O6/c1-2-3-4-5-6-7-8-9-10-11-12-16-22(21-24(29)33)38-27(36)23(17-15-19-26(34)35)31-28(37)32-25-18-13-14-20-30-25/h13-14,18,20,22-23H,2-12,15-17,19,21H2,1H3,(H2,29,33)(H,34,35)(H2,30,31,32,37)/t22-,23-/m1/s1. The van der Waals surface area contributed by atoms with Gasteiger partial charge in [-0.05, 0) is 37.8 Å². The van der Waals surface area contributed by atoms with Gasteiger partial charge in [0, 0.05) is 12.6 Å². The van der Waals surface area contributed by atoms with Crippen LogP contribution in [0.1, 0.15) is 110 Å². The van der Waals surface area contributed by atoms with Crippen LogP contribution in [0.3, 0.4) is 0 Å². The molecule has 5 N–H and O–H groups in total. The minimum Gasteiger partial charge on any atom is -0.481 e. The molecule has 10 nitrogen and oxygen atoms in total. The second-order valence-electron chi connectivity index (χ2n) is 9.71. The summed E-state index contributed by atoms with van der Waals surface area (Å²) in [6, 6.07) is 3.24. The number of amides is 3. The molecule has 0 aliphatic heterocycles. The number of aromatic nitrogens is 1. The number of carbonyl (C=O) groups is 4. The minimum absolute atomic E-state index is 0.0719. The Morgan fingerprint density at radius 3 is 2.11 bits per heavy atom. The van der Waals surface area contributed by atoms with E-state index in [1.807, 2.05) is 0 Å². The maximum absolute atomic E-state index is 12.9. The number of nitrogens with two attached hydrogens (primary N) is 1. The molecule has 0 spiro atoms. The van der Waals surface area contributed by atoms with Crippen molar-refractivity contribution in [2.45, 2.75) is 122 Å². The van der Waals surface area contributed by atoms with Crippen LogP contribution in [0.4, 0.5) is 10.6 Å². The van der Waals surface area contributed by atoms with Crippen LogP contribution >= 0.6 is 0 Å². The number of carboxylic acid groups (broad SMARTS) is 1. The van der Waals surface area contributed by atoms with Gasteiger partial charge in [-0.15, -0.1) is 0 Å². The van der Waals surface area contributed by atoms with E-state index >= 15 is 0 Å². The van der Waals surface area contributed by atoms with Crippen LogP contribution in [0.25, 0.3) is 0 Å². The van der Waals surface area contributed by atoms with Crippen LogP contribution in [0.5, 0.6) is 0 Å². The first-order valence-corrected chi connectivity index (χ1v) is 14.0. The Labute approximate surface area is 226 Å². The van der Waals surface area contributed by atoms with E-state index < -0.39 is 36.0 Å². The first-order valence-electron chi connectivity index (χ1n) is 14.0. The van der Waals surface area contributed by atoms with Gasteiger partial charge in [-0.2, -0.15) is 0 Å². The molecule has 0 fully saturated rings. The summed E-state index contributed by atoms with van der Waals surface area (Å²) in [7, 11) is 0. The van der Waals surface area contributed by atoms with Crippen molar-refractivity contribution in [1.82, 2.24) is 10.3 Å². The molecule has 10 heteroatoms. The van der Waals surface area contributed by atoms with E-state index in [0.717, 1.165) is 25.7 Å². The lowest BCUT2D eigenvalue weighted by Crippen LogP contribution is -2.45. The van der Waals surface area contributed by atoms with Crippen molar-refractivity contribution in [2.24, 2.45) is 5.73 Å². The number of carbonyl (C=O) groups excluding carboxylic acids is 3. The van der Waals surface area contributed by atoms with Gasteiger partial charge in [-0.3, -0.25) is 14.9 Å². The number of nitrogens with zero attached hydrogens (tertiary/aromatic N) is 1. The highest BCUT2D eigenvalue weighted by Gasteiger charge is 2.26. The molecule has 0 saturated heterocycles. The van der Waals surface area contributed by atoms with Gasteiger partial charge < -0.3 is 20.9 Å². The lowest BCUT2D eigenvalue weighted by Gasteiger charge is -2.22. The molecule has 0 aromatic carbocycles. The number of anilines is 1. The number of nitrogens with one attached hydrogen (secondary N) is 2. The summed E-state index contributed by atoms with van der Waals surface area (Å²) in [5.41, 5.74) is 5.37. The van der Waals surface area contributed by atoms with E-state index in [4.69, 9.17) is 15.6 Å². The third-order valence-corrected chi connectivity index (χ3v) is 6.22. The maximum Gasteiger partial charge on any atom is 0.328 e. The van der Waals surface area contributed by atoms with E-state index in [-0.39, 0.29) is 25.7 Å². The summed E-state index contributed by atoms with van der Waals surface area (Å²) in [5, 5.41) is 14.0. The Morgan fingerprint density at radius 1 is 0.921 bits per heavy atom. The molecule has 38 heavy (non-hydrogen) atoms. The topological polar surface area (TPSA) is 161 Å². The van der Waals surface area contributed by atoms with E-state index in [0.29, 0.717) is 12.2 Å². The summed E-state index contributed by atoms with van der Waals surface area (Å²) < 4.78 is 5.58. The SMILES string of the molecule is CCCCCCCCCCCCC[C@H](CC(N)=O)OC(=O)[C@@H](CCCC(=O)O)NC(=O)Nc1ccccn1. The van der Waals surface area contributed by atoms with Gasteiger partial charge in [0.25, 0.3) is 0 Å². The van der Waals surface area contributed by atoms with Crippen LogP contribution in [0.15, 0.2) is 24.4 Å². The number of primary amides is 1. The van der Waals surface area contributed by atoms with Crippen molar-refractivity contribution in [3.63, 3.8) is 0 Å². The molecule has 1 rings (SSSR count). The molecule has 0 bridgehead atoms. The predicted octanol–water partition coefficient (Wildman–Crippen LogP) is 5.31. The van der Waals surface area contributed by atoms with E-state index in [1.54, 1.807) is 18.2 Å². The Balaban J connectivity index is 2.52. The Hall–Kier alpha value is -3.17. The van der Waals surface area contributed by atoms with Crippen LogP contribution in [0.2, 0.25) is 0 Å². The average molecular weight is 535 g/mol. The second kappa shape index (κ2) is 20.8. The highest BCUT2D eigenvalue weighted by molar-refractivity contribution is 5.91. The number of rotatable bonds is 22. The van der Waals surface area contributed by atoms with Crippen molar-refractivity contribution in [1.29, 1.82) is 0 Å². The molecular weight excluding hydrogens is 488 g/mol. The fraction of sp³-hybridized carbons (Fsp3) is 0.679. The van der Waals surface area contributed by atoms with Gasteiger partial charge >= 0.3 is 18.0 Å². The zero-order valence-electron chi connectivity index (χ0n) is 22.8. The van der Waals surface area contributed by atoms with Gasteiger partial charge in [0.15, 0.2) is 0 Å². The molecule has 0 aliphatic carbocycles. The Morgan fingerprint density at radius 2 is 1.55 bits per heavy atom. The molecule has 0 aliphatic rings. The first-order chi connectivity index (χ1) is 18.3. The van der Waals surface area contributed by atoms with Crippen molar-refractivity contribution in [3.05, 3.63) is 24.4 Å². The lowest BCUT2D eigenvalue weighted by atomic mass is 10.0. The number of pyridine rings is 1. The molecule has 2 atom stereocenters. The molecule has 1 aromatic rings. The Kier molecular flexibility index (Phi) is 18.0. The van der Waals surface area contributed by atoms with Crippen molar-refractivity contribution in [2.75, 3.05) is 5.32 Å². The van der Waals surface area contributed by atoms with Gasteiger partial charge in [0.2, 0.25) is 5.91 Å². The van der Waals surface area contributed by atoms with Crippen LogP contribution in [0, 0.1) is 0 Å². The third kappa shape index (κ3) is 17.3. The zero-order valence-corrected chi connectivity index (χ0v) is 22.8. The number of hydrogen-bond acceptors (Lipinski definition) is 6. The summed E-state index contributed by atoms with van der Waals surface area (Å²) in [5.74, 6) is -2.00. The minimum atomic E-state index is -1.08. The fourth-order valence-corrected chi connectivity index (χ4v) is 4.16. The maximum atomic E-state index is 12.9. The second-order valence-corrected chi connectivity index (χ2v) is 9.71. The van der Waals surface area contributed by atoms with Gasteiger partial charge in [0.1, 0.15) is 18.0 Å². The number of aliphatic carboxylic acids is 1. The number of unbranched alkanes of at least 4 members (excludes halogenated alkanes) is 10. The molecule has 214 valence electrons. The summed E-state index contributed by atoms with van der Waals surface area (Å²) >= 11 is 0. The van der Waals surface area contributed by atoms with Crippen molar-refractivity contribution >= 4 is 29.7 Å². The molecule has 3 amide bonds. The average Bonchev–Trinajstić information content (AvgIpc) is 2.86. The van der Waals surface area contributed by atoms with Gasteiger partial charge in [0.05, 0.1) is 6.42 Å². The smallest absolute Gasteiger partial charge is 0.328 e. The molecular formula is C28H46N4O6. The molecule has 0 radical (unpaired) electrons. The lowest BCUT2D eigenvalue weighted by molar-refractivity contribution is -0.153. The number of ether oxygens (including phenoxy) is 1. The monoisotopic (exact) mass is 534 g/mol. The van der Waals surface area contributed by atoms with Crippen LogP contribution < -0.4 is 16.4 Å². The number of urea groups is 1. The summed E-state index contributed by atoms with van der Waals surface area (Å²) in [4.78, 5) is 51.8. The molecule has 0 saturated carbocycles. The summed E-state index contributed by atoms with van der Waals surface area (Å²) in [6.45, 7) is 2.22. The van der Waals surface area contributed by atoms with Crippen LogP contribution in [-0.4, -0.2) is 46.1 Å². The Bertz CT molecular complexity index is 821. The quantitative estimate of drug-likeness (QED) is 0.116.